The second-order valence-corrected chi connectivity index (χ2v) is 3.80. The van der Waals surface area contributed by atoms with E-state index in [4.69, 9.17) is 0 Å². The molecule has 0 fully saturated rings. The van der Waals surface area contributed by atoms with E-state index in [1.807, 2.05) is 0 Å². The Kier molecular flexibility index (Phi) is 5.76. The van der Waals surface area contributed by atoms with Crippen molar-refractivity contribution in [2.75, 3.05) is 0 Å². The molecule has 0 aliphatic rings. The highest BCUT2D eigenvalue weighted by Gasteiger charge is 2.28. The van der Waals surface area contributed by atoms with Gasteiger partial charge in [0.25, 0.3) is 0 Å². The van der Waals surface area contributed by atoms with Gasteiger partial charge in [0.2, 0.25) is 0 Å². The fourth-order valence-electron chi connectivity index (χ4n) is 1.10. The van der Waals surface area contributed by atoms with Crippen LogP contribution in [-0.2, 0) is 19.1 Å². The lowest BCUT2D eigenvalue weighted by molar-refractivity contribution is -0.159. The Hall–Kier alpha value is -1.19. The van der Waals surface area contributed by atoms with Crippen molar-refractivity contribution >= 4 is 18.7 Å². The number of aldehydes is 1. The van der Waals surface area contributed by atoms with Crippen molar-refractivity contribution in [3.63, 3.8) is 0 Å². The van der Waals surface area contributed by atoms with Crippen LogP contribution in [-0.4, -0.2) is 18.7 Å². The van der Waals surface area contributed by atoms with Gasteiger partial charge >= 0.3 is 12.4 Å². The third kappa shape index (κ3) is 4.74. The quantitative estimate of drug-likeness (QED) is 0.270. The minimum atomic E-state index is -0.649. The van der Waals surface area contributed by atoms with E-state index in [0.29, 0.717) is 12.8 Å². The van der Waals surface area contributed by atoms with Crippen LogP contribution in [0, 0.1) is 5.41 Å². The molecule has 4 nitrogen and oxygen atoms in total. The van der Waals surface area contributed by atoms with E-state index in [1.54, 1.807) is 13.8 Å². The molecule has 0 aromatic carbocycles. The third-order valence-corrected chi connectivity index (χ3v) is 2.08. The Morgan fingerprint density at radius 3 is 2.43 bits per heavy atom. The molecule has 0 radical (unpaired) electrons. The van der Waals surface area contributed by atoms with Gasteiger partial charge in [-0.25, -0.2) is 0 Å². The minimum Gasteiger partial charge on any atom is -0.395 e. The van der Waals surface area contributed by atoms with Crippen molar-refractivity contribution in [2.45, 2.75) is 39.5 Å². The predicted molar refractivity (Wildman–Crippen MR) is 50.5 cm³/mol. The second kappa shape index (κ2) is 6.29. The van der Waals surface area contributed by atoms with Crippen molar-refractivity contribution in [1.29, 1.82) is 0 Å². The molecule has 0 aliphatic carbocycles. The summed E-state index contributed by atoms with van der Waals surface area (Å²) in [6, 6.07) is 0. The summed E-state index contributed by atoms with van der Waals surface area (Å²) in [5.74, 6) is -0.515. The fraction of sp³-hybridized carbons (Fsp3) is 0.700. The van der Waals surface area contributed by atoms with Gasteiger partial charge in [-0.15, -0.1) is 0 Å². The van der Waals surface area contributed by atoms with E-state index in [0.717, 1.165) is 19.1 Å². The molecule has 0 saturated carbocycles. The molecule has 80 valence electrons. The molecule has 14 heavy (non-hydrogen) atoms. The first-order chi connectivity index (χ1) is 6.54. The van der Waals surface area contributed by atoms with Crippen LogP contribution in [0.2, 0.25) is 0 Å². The van der Waals surface area contributed by atoms with E-state index in [2.05, 4.69) is 4.74 Å². The smallest absolute Gasteiger partial charge is 0.318 e. The van der Waals surface area contributed by atoms with Gasteiger partial charge in [-0.3, -0.25) is 9.59 Å². The van der Waals surface area contributed by atoms with Crippen LogP contribution >= 0.6 is 0 Å². The average Bonchev–Trinajstić information content (AvgIpc) is 2.13. The summed E-state index contributed by atoms with van der Waals surface area (Å²) in [5.41, 5.74) is -0.649. The summed E-state index contributed by atoms with van der Waals surface area (Å²) in [5, 5.41) is 0. The summed E-state index contributed by atoms with van der Waals surface area (Å²) >= 11 is 0. The van der Waals surface area contributed by atoms with Crippen LogP contribution in [0.5, 0.6) is 0 Å². The lowest BCUT2D eigenvalue weighted by Crippen LogP contribution is -2.26. The van der Waals surface area contributed by atoms with E-state index in [9.17, 15) is 14.4 Å². The number of ether oxygens (including phenoxy) is 1. The highest BCUT2D eigenvalue weighted by Crippen LogP contribution is 2.24. The Bertz CT molecular complexity index is 208. The molecule has 0 saturated heterocycles. The molecule has 0 aliphatic heterocycles. The first kappa shape index (κ1) is 12.8. The number of rotatable bonds is 7. The monoisotopic (exact) mass is 200 g/mol. The van der Waals surface area contributed by atoms with Gasteiger partial charge in [0, 0.05) is 6.42 Å². The van der Waals surface area contributed by atoms with Gasteiger partial charge in [-0.05, 0) is 26.7 Å². The Morgan fingerprint density at radius 1 is 1.29 bits per heavy atom. The van der Waals surface area contributed by atoms with Crippen LogP contribution < -0.4 is 0 Å². The zero-order chi connectivity index (χ0) is 11.0. The lowest BCUT2D eigenvalue weighted by Gasteiger charge is -2.19. The first-order valence-corrected chi connectivity index (χ1v) is 4.63. The Balaban J connectivity index is 3.86. The molecular weight excluding hydrogens is 184 g/mol. The van der Waals surface area contributed by atoms with Crippen molar-refractivity contribution < 1.29 is 19.1 Å². The van der Waals surface area contributed by atoms with Gasteiger partial charge in [0.15, 0.2) is 0 Å². The highest BCUT2D eigenvalue weighted by atomic mass is 16.6. The van der Waals surface area contributed by atoms with Crippen LogP contribution in [0.15, 0.2) is 0 Å². The van der Waals surface area contributed by atoms with E-state index >= 15 is 0 Å². The molecule has 0 N–H and O–H groups in total. The standard InChI is InChI=1S/C10H16O4/c1-10(2,9(13)14-8-12)6-4-3-5-7-11/h7-8H,3-6H2,1-2H3. The van der Waals surface area contributed by atoms with E-state index < -0.39 is 11.4 Å². The fourth-order valence-corrected chi connectivity index (χ4v) is 1.10. The molecule has 0 atom stereocenters. The molecule has 0 heterocycles. The van der Waals surface area contributed by atoms with Crippen LogP contribution in [0.25, 0.3) is 0 Å². The molecule has 0 unspecified atom stereocenters. The van der Waals surface area contributed by atoms with Gasteiger partial charge in [-0.1, -0.05) is 6.42 Å². The molecular formula is C10H16O4. The Morgan fingerprint density at radius 2 is 1.93 bits per heavy atom. The van der Waals surface area contributed by atoms with Gasteiger partial charge in [-0.2, -0.15) is 0 Å². The lowest BCUT2D eigenvalue weighted by atomic mass is 9.87. The van der Waals surface area contributed by atoms with Gasteiger partial charge in [0.05, 0.1) is 5.41 Å². The number of unbranched alkanes of at least 4 members (excludes halogenated alkanes) is 2. The molecule has 0 aromatic rings. The number of carbonyl (C=O) groups is 3. The maximum atomic E-state index is 11.2. The molecule has 0 spiro atoms. The predicted octanol–water partition coefficient (Wildman–Crippen LogP) is 1.47. The molecule has 4 heteroatoms. The first-order valence-electron chi connectivity index (χ1n) is 4.63. The normalized spacial score (nSPS) is 10.7. The SMILES string of the molecule is CC(C)(CCCCC=O)C(=O)OC=O. The summed E-state index contributed by atoms with van der Waals surface area (Å²) in [6.45, 7) is 3.59. The number of hydrogen-bond acceptors (Lipinski definition) is 4. The maximum absolute atomic E-state index is 11.2. The van der Waals surface area contributed by atoms with Crippen molar-refractivity contribution in [2.24, 2.45) is 5.41 Å². The highest BCUT2D eigenvalue weighted by molar-refractivity contribution is 5.81. The maximum Gasteiger partial charge on any atom is 0.318 e. The van der Waals surface area contributed by atoms with E-state index in [1.165, 1.54) is 0 Å². The zero-order valence-corrected chi connectivity index (χ0v) is 8.62. The third-order valence-electron chi connectivity index (χ3n) is 2.08. The minimum absolute atomic E-state index is 0.148. The average molecular weight is 200 g/mol. The van der Waals surface area contributed by atoms with Gasteiger partial charge < -0.3 is 9.53 Å². The van der Waals surface area contributed by atoms with Crippen LogP contribution in [0.1, 0.15) is 39.5 Å². The Labute approximate surface area is 83.6 Å². The second-order valence-electron chi connectivity index (χ2n) is 3.80. The molecule has 0 aromatic heterocycles. The summed E-state index contributed by atoms with van der Waals surface area (Å²) in [6.07, 6.45) is 3.53. The number of hydrogen-bond donors (Lipinski definition) is 0. The van der Waals surface area contributed by atoms with Crippen LogP contribution in [0.4, 0.5) is 0 Å². The van der Waals surface area contributed by atoms with Crippen molar-refractivity contribution in [3.05, 3.63) is 0 Å². The number of esters is 1. The van der Waals surface area contributed by atoms with Crippen molar-refractivity contribution in [3.8, 4) is 0 Å². The molecule has 0 bridgehead atoms. The summed E-state index contributed by atoms with van der Waals surface area (Å²) in [7, 11) is 0. The molecule has 0 amide bonds. The van der Waals surface area contributed by atoms with Crippen molar-refractivity contribution in [1.82, 2.24) is 0 Å². The topological polar surface area (TPSA) is 60.4 Å². The summed E-state index contributed by atoms with van der Waals surface area (Å²) < 4.78 is 4.27. The summed E-state index contributed by atoms with van der Waals surface area (Å²) in [4.78, 5) is 31.2. The largest absolute Gasteiger partial charge is 0.395 e. The van der Waals surface area contributed by atoms with Crippen LogP contribution in [0.3, 0.4) is 0 Å². The molecule has 0 rings (SSSR count). The van der Waals surface area contributed by atoms with E-state index in [-0.39, 0.29) is 6.47 Å². The zero-order valence-electron chi connectivity index (χ0n) is 8.62. The van der Waals surface area contributed by atoms with Gasteiger partial charge in [0.1, 0.15) is 6.29 Å². The number of carbonyl (C=O) groups excluding carboxylic acids is 3.